The molecule has 0 saturated heterocycles. The second-order valence-corrected chi connectivity index (χ2v) is 11.0. The van der Waals surface area contributed by atoms with E-state index >= 15 is 0 Å². The molecule has 0 spiro atoms. The topological polar surface area (TPSA) is 48.4 Å². The monoisotopic (exact) mass is 501 g/mol. The third-order valence-corrected chi connectivity index (χ3v) is 6.82. The molecule has 4 nitrogen and oxygen atoms in total. The number of Topliss-reactive ketones (excluding diaryl/α,β-unsaturated/α-hetero) is 1. The van der Waals surface area contributed by atoms with Crippen LogP contribution in [0.1, 0.15) is 89.1 Å². The highest BCUT2D eigenvalue weighted by molar-refractivity contribution is 6.10. The molecule has 0 bridgehead atoms. The van der Waals surface area contributed by atoms with Gasteiger partial charge in [-0.15, -0.1) is 0 Å². The summed E-state index contributed by atoms with van der Waals surface area (Å²) in [7, 11) is 1.67. The molecule has 1 unspecified atom stereocenters. The maximum absolute atomic E-state index is 13.7. The molecule has 0 N–H and O–H groups in total. The van der Waals surface area contributed by atoms with Gasteiger partial charge < -0.3 is 9.47 Å². The van der Waals surface area contributed by atoms with E-state index in [4.69, 9.17) is 14.5 Å². The number of carbonyl (C=O) groups excluding carboxylic acids is 1. The number of rotatable bonds is 6. The van der Waals surface area contributed by atoms with Crippen molar-refractivity contribution < 1.29 is 14.3 Å². The van der Waals surface area contributed by atoms with Crippen molar-refractivity contribution >= 4 is 11.4 Å². The zero-order valence-corrected chi connectivity index (χ0v) is 24.1. The Kier molecular flexibility index (Phi) is 8.84. The molecule has 4 heteroatoms. The molecule has 2 aliphatic rings. The number of hydrogen-bond acceptors (Lipinski definition) is 4. The van der Waals surface area contributed by atoms with E-state index in [-0.39, 0.29) is 17.3 Å². The van der Waals surface area contributed by atoms with E-state index < -0.39 is 0 Å². The maximum Gasteiger partial charge on any atom is 0.207 e. The highest BCUT2D eigenvalue weighted by atomic mass is 16.5. The number of hydrogen-bond donors (Lipinski definition) is 0. The van der Waals surface area contributed by atoms with E-state index in [9.17, 15) is 4.79 Å². The molecule has 37 heavy (non-hydrogen) atoms. The first-order valence-corrected chi connectivity index (χ1v) is 13.5. The Hall–Kier alpha value is -3.14. The van der Waals surface area contributed by atoms with Gasteiger partial charge in [-0.1, -0.05) is 66.3 Å². The minimum Gasteiger partial charge on any atom is -0.493 e. The van der Waals surface area contributed by atoms with Crippen LogP contribution in [-0.4, -0.2) is 24.0 Å². The van der Waals surface area contributed by atoms with Crippen molar-refractivity contribution in [2.75, 3.05) is 7.11 Å². The number of nitrogens with zero attached hydrogens (tertiary/aromatic N) is 1. The van der Waals surface area contributed by atoms with Gasteiger partial charge in [0.25, 0.3) is 0 Å². The van der Waals surface area contributed by atoms with Gasteiger partial charge in [0.1, 0.15) is 5.69 Å². The van der Waals surface area contributed by atoms with Gasteiger partial charge in [-0.3, -0.25) is 4.79 Å². The molecule has 1 heterocycles. The van der Waals surface area contributed by atoms with Crippen molar-refractivity contribution in [3.05, 3.63) is 71.1 Å². The summed E-state index contributed by atoms with van der Waals surface area (Å²) in [4.78, 5) is 18.7. The molecule has 4 rings (SSSR count). The number of fused-ring (bicyclic) bond motifs is 3. The summed E-state index contributed by atoms with van der Waals surface area (Å²) in [6, 6.07) is 6.28. The molecule has 2 aromatic rings. The Morgan fingerprint density at radius 1 is 1.08 bits per heavy atom. The fourth-order valence-electron chi connectivity index (χ4n) is 4.63. The lowest BCUT2D eigenvalue weighted by molar-refractivity contribution is 0.100. The van der Waals surface area contributed by atoms with Crippen LogP contribution in [0.15, 0.2) is 48.6 Å². The first-order chi connectivity index (χ1) is 17.5. The van der Waals surface area contributed by atoms with Crippen molar-refractivity contribution in [2.24, 2.45) is 11.3 Å². The van der Waals surface area contributed by atoms with E-state index in [0.717, 1.165) is 53.0 Å². The molecular formula is C33H43NO3. The predicted octanol–water partition coefficient (Wildman–Crippen LogP) is 8.43. The highest BCUT2D eigenvalue weighted by Crippen LogP contribution is 2.43. The Bertz CT molecular complexity index is 1240. The molecule has 0 saturated carbocycles. The molecule has 1 atom stereocenters. The van der Waals surface area contributed by atoms with Crippen LogP contribution in [0.4, 0.5) is 0 Å². The van der Waals surface area contributed by atoms with Crippen LogP contribution in [0, 0.1) is 11.3 Å². The summed E-state index contributed by atoms with van der Waals surface area (Å²) in [5.41, 5.74) is 6.96. The van der Waals surface area contributed by atoms with Gasteiger partial charge in [0.15, 0.2) is 11.5 Å². The van der Waals surface area contributed by atoms with Gasteiger partial charge >= 0.3 is 0 Å². The Morgan fingerprint density at radius 3 is 2.35 bits per heavy atom. The van der Waals surface area contributed by atoms with Crippen LogP contribution in [-0.2, 0) is 12.8 Å². The van der Waals surface area contributed by atoms with Gasteiger partial charge in [-0.25, -0.2) is 4.98 Å². The normalized spacial score (nSPS) is 16.2. The molecule has 0 fully saturated rings. The van der Waals surface area contributed by atoms with Crippen LogP contribution in [0.3, 0.4) is 0 Å². The van der Waals surface area contributed by atoms with E-state index in [2.05, 4.69) is 49.9 Å². The summed E-state index contributed by atoms with van der Waals surface area (Å²) in [6.07, 6.45) is 9.09. The van der Waals surface area contributed by atoms with Crippen LogP contribution in [0.25, 0.3) is 16.7 Å². The lowest BCUT2D eigenvalue weighted by atomic mass is 9.79. The van der Waals surface area contributed by atoms with Crippen LogP contribution in [0.2, 0.25) is 0 Å². The Morgan fingerprint density at radius 2 is 1.78 bits per heavy atom. The van der Waals surface area contributed by atoms with Crippen molar-refractivity contribution in [3.8, 4) is 22.6 Å². The minimum absolute atomic E-state index is 0.0183. The second-order valence-electron chi connectivity index (χ2n) is 11.0. The van der Waals surface area contributed by atoms with Gasteiger partial charge in [0, 0.05) is 0 Å². The van der Waals surface area contributed by atoms with Gasteiger partial charge in [-0.05, 0) is 96.0 Å². The third kappa shape index (κ3) is 6.06. The van der Waals surface area contributed by atoms with E-state index in [1.54, 1.807) is 7.11 Å². The van der Waals surface area contributed by atoms with Crippen molar-refractivity contribution in [3.63, 3.8) is 0 Å². The van der Waals surface area contributed by atoms with Crippen LogP contribution < -0.4 is 9.47 Å². The highest BCUT2D eigenvalue weighted by Gasteiger charge is 2.30. The van der Waals surface area contributed by atoms with Crippen molar-refractivity contribution in [1.29, 1.82) is 0 Å². The molecule has 198 valence electrons. The lowest BCUT2D eigenvalue weighted by Gasteiger charge is -2.27. The SMILES string of the molecule is C=C(C(=O)c1nc(C2=CCC(C)C=C2)cc2c1CCc1cc(OC)c(OC(C)C)cc1-2)C(C)(C)C.CC. The van der Waals surface area contributed by atoms with E-state index in [1.807, 2.05) is 48.5 Å². The Labute approximate surface area is 223 Å². The summed E-state index contributed by atoms with van der Waals surface area (Å²) >= 11 is 0. The Balaban J connectivity index is 0.00000186. The van der Waals surface area contributed by atoms with Crippen molar-refractivity contribution in [2.45, 2.75) is 80.8 Å². The lowest BCUT2D eigenvalue weighted by Crippen LogP contribution is -2.22. The average Bonchev–Trinajstić information content (AvgIpc) is 2.87. The number of pyridine rings is 1. The summed E-state index contributed by atoms with van der Waals surface area (Å²) in [5, 5.41) is 0. The molecule has 1 aromatic carbocycles. The fraction of sp³-hybridized carbons (Fsp3) is 0.455. The van der Waals surface area contributed by atoms with E-state index in [0.29, 0.717) is 22.9 Å². The molecule has 0 radical (unpaired) electrons. The number of ether oxygens (including phenoxy) is 2. The minimum atomic E-state index is -0.334. The number of benzene rings is 1. The molecule has 2 aliphatic carbocycles. The van der Waals surface area contributed by atoms with Gasteiger partial charge in [0.05, 0.1) is 18.9 Å². The number of allylic oxidation sites excluding steroid dienone is 5. The average molecular weight is 502 g/mol. The summed E-state index contributed by atoms with van der Waals surface area (Å²) < 4.78 is 11.7. The molecule has 0 amide bonds. The van der Waals surface area contributed by atoms with Crippen molar-refractivity contribution in [1.82, 2.24) is 4.98 Å². The van der Waals surface area contributed by atoms with Crippen LogP contribution >= 0.6 is 0 Å². The van der Waals surface area contributed by atoms with E-state index in [1.165, 1.54) is 5.56 Å². The number of aryl methyl sites for hydroxylation is 1. The summed E-state index contributed by atoms with van der Waals surface area (Å²) in [6.45, 7) is 20.4. The van der Waals surface area contributed by atoms with Gasteiger partial charge in [0.2, 0.25) is 5.78 Å². The predicted molar refractivity (Wildman–Crippen MR) is 155 cm³/mol. The quantitative estimate of drug-likeness (QED) is 0.294. The van der Waals surface area contributed by atoms with Gasteiger partial charge in [-0.2, -0.15) is 0 Å². The zero-order chi connectivity index (χ0) is 27.5. The zero-order valence-electron chi connectivity index (χ0n) is 24.1. The molecule has 0 aliphatic heterocycles. The molecular weight excluding hydrogens is 458 g/mol. The molecule has 1 aromatic heterocycles. The standard InChI is InChI=1S/C31H37NO3.C2H6/c1-18(2)35-28-17-24-22(15-27(28)34-8)13-14-23-25(24)16-26(21-11-9-19(3)10-12-21)32-29(23)30(33)20(4)31(5,6)7;1-2/h9,11-12,15-19H,4,10,13-14H2,1-3,5-8H3;1-2H3. The smallest absolute Gasteiger partial charge is 0.207 e. The fourth-order valence-corrected chi connectivity index (χ4v) is 4.63. The first-order valence-electron chi connectivity index (χ1n) is 13.5. The maximum atomic E-state index is 13.7. The number of methoxy groups -OCH3 is 1. The largest absolute Gasteiger partial charge is 0.493 e. The number of carbonyl (C=O) groups is 1. The second kappa shape index (κ2) is 11.5. The number of aromatic nitrogens is 1. The van der Waals surface area contributed by atoms with Crippen LogP contribution in [0.5, 0.6) is 11.5 Å². The third-order valence-electron chi connectivity index (χ3n) is 6.82. The number of ketones is 1. The summed E-state index contributed by atoms with van der Waals surface area (Å²) in [5.74, 6) is 1.88. The first kappa shape index (κ1) is 28.4.